The standard InChI is InChI=1S/C21H21ClN2O/c1-24(2)20(18-9-5-6-10-19(18)22)14-23-21(25)17-12-11-15-7-3-4-8-16(15)13-17/h3-13,20H,14H2,1-2H3,(H,23,25)/t20-/m1/s1. The van der Waals surface area contributed by atoms with E-state index in [4.69, 9.17) is 11.6 Å². The summed E-state index contributed by atoms with van der Waals surface area (Å²) >= 11 is 6.32. The van der Waals surface area contributed by atoms with Crippen molar-refractivity contribution in [2.24, 2.45) is 0 Å². The number of hydrogen-bond acceptors (Lipinski definition) is 2. The molecule has 0 heterocycles. The lowest BCUT2D eigenvalue weighted by Crippen LogP contribution is -2.34. The van der Waals surface area contributed by atoms with Gasteiger partial charge in [-0.3, -0.25) is 4.79 Å². The second-order valence-electron chi connectivity index (χ2n) is 6.27. The minimum absolute atomic E-state index is 0.0121. The zero-order chi connectivity index (χ0) is 17.8. The molecule has 128 valence electrons. The van der Waals surface area contributed by atoms with Gasteiger partial charge in [-0.2, -0.15) is 0 Å². The lowest BCUT2D eigenvalue weighted by molar-refractivity contribution is 0.0942. The van der Waals surface area contributed by atoms with Crippen LogP contribution in [0, 0.1) is 0 Å². The second kappa shape index (κ2) is 7.68. The fourth-order valence-corrected chi connectivity index (χ4v) is 3.20. The van der Waals surface area contributed by atoms with Crippen molar-refractivity contribution in [3.8, 4) is 0 Å². The van der Waals surface area contributed by atoms with E-state index in [0.717, 1.165) is 16.3 Å². The van der Waals surface area contributed by atoms with Crippen LogP contribution in [-0.4, -0.2) is 31.4 Å². The zero-order valence-electron chi connectivity index (χ0n) is 14.4. The van der Waals surface area contributed by atoms with E-state index in [1.165, 1.54) is 0 Å². The first-order chi connectivity index (χ1) is 12.1. The lowest BCUT2D eigenvalue weighted by atomic mass is 10.0. The molecule has 0 fully saturated rings. The van der Waals surface area contributed by atoms with Gasteiger partial charge in [-0.05, 0) is 48.6 Å². The molecule has 3 nitrogen and oxygen atoms in total. The highest BCUT2D eigenvalue weighted by molar-refractivity contribution is 6.31. The SMILES string of the molecule is CN(C)[C@H](CNC(=O)c1ccc2ccccc2c1)c1ccccc1Cl. The monoisotopic (exact) mass is 352 g/mol. The summed E-state index contributed by atoms with van der Waals surface area (Å²) in [4.78, 5) is 14.6. The first-order valence-corrected chi connectivity index (χ1v) is 8.62. The van der Waals surface area contributed by atoms with Gasteiger partial charge in [-0.1, -0.05) is 60.1 Å². The maximum Gasteiger partial charge on any atom is 0.251 e. The molecule has 3 aromatic carbocycles. The van der Waals surface area contributed by atoms with Gasteiger partial charge in [-0.15, -0.1) is 0 Å². The normalized spacial score (nSPS) is 12.3. The molecule has 0 aromatic heterocycles. The largest absolute Gasteiger partial charge is 0.350 e. The highest BCUT2D eigenvalue weighted by Gasteiger charge is 2.18. The maximum absolute atomic E-state index is 12.6. The van der Waals surface area contributed by atoms with Gasteiger partial charge in [0, 0.05) is 17.1 Å². The summed E-state index contributed by atoms with van der Waals surface area (Å²) in [5.41, 5.74) is 1.67. The van der Waals surface area contributed by atoms with Crippen LogP contribution in [0.2, 0.25) is 5.02 Å². The van der Waals surface area contributed by atoms with Gasteiger partial charge in [-0.25, -0.2) is 0 Å². The summed E-state index contributed by atoms with van der Waals surface area (Å²) in [6, 6.07) is 21.5. The third kappa shape index (κ3) is 4.01. The summed E-state index contributed by atoms with van der Waals surface area (Å²) in [7, 11) is 3.96. The van der Waals surface area contributed by atoms with Crippen LogP contribution in [-0.2, 0) is 0 Å². The lowest BCUT2D eigenvalue weighted by Gasteiger charge is -2.26. The molecule has 3 aromatic rings. The number of nitrogens with zero attached hydrogens (tertiary/aromatic N) is 1. The molecule has 4 heteroatoms. The second-order valence-corrected chi connectivity index (χ2v) is 6.68. The molecule has 1 atom stereocenters. The van der Waals surface area contributed by atoms with Gasteiger partial charge >= 0.3 is 0 Å². The Bertz CT molecular complexity index is 892. The molecule has 25 heavy (non-hydrogen) atoms. The molecule has 0 unspecified atom stereocenters. The van der Waals surface area contributed by atoms with Crippen molar-refractivity contribution >= 4 is 28.3 Å². The van der Waals surface area contributed by atoms with Crippen molar-refractivity contribution in [2.45, 2.75) is 6.04 Å². The Hall–Kier alpha value is -2.36. The average molecular weight is 353 g/mol. The van der Waals surface area contributed by atoms with Crippen LogP contribution in [0.3, 0.4) is 0 Å². The Morgan fingerprint density at radius 2 is 1.68 bits per heavy atom. The van der Waals surface area contributed by atoms with E-state index in [2.05, 4.69) is 10.2 Å². The number of carbonyl (C=O) groups excluding carboxylic acids is 1. The summed E-state index contributed by atoms with van der Waals surface area (Å²) in [6.07, 6.45) is 0. The molecule has 0 spiro atoms. The number of carbonyl (C=O) groups is 1. The minimum Gasteiger partial charge on any atom is -0.350 e. The number of hydrogen-bond donors (Lipinski definition) is 1. The number of likely N-dealkylation sites (N-methyl/N-ethyl adjacent to an activating group) is 1. The number of fused-ring (bicyclic) bond motifs is 1. The van der Waals surface area contributed by atoms with Crippen LogP contribution < -0.4 is 5.32 Å². The number of halogens is 1. The predicted molar refractivity (Wildman–Crippen MR) is 104 cm³/mol. The van der Waals surface area contributed by atoms with E-state index in [1.54, 1.807) is 0 Å². The van der Waals surface area contributed by atoms with E-state index >= 15 is 0 Å². The molecule has 0 aliphatic carbocycles. The van der Waals surface area contributed by atoms with Crippen LogP contribution in [0.4, 0.5) is 0 Å². The maximum atomic E-state index is 12.6. The molecule has 1 N–H and O–H groups in total. The van der Waals surface area contributed by atoms with E-state index in [0.29, 0.717) is 17.1 Å². The number of benzene rings is 3. The van der Waals surface area contributed by atoms with Gasteiger partial charge in [0.15, 0.2) is 0 Å². The molecule has 1 amide bonds. The molecule has 0 aliphatic heterocycles. The van der Waals surface area contributed by atoms with Crippen LogP contribution in [0.25, 0.3) is 10.8 Å². The van der Waals surface area contributed by atoms with Crippen molar-refractivity contribution in [3.63, 3.8) is 0 Å². The van der Waals surface area contributed by atoms with Gasteiger partial charge in [0.2, 0.25) is 0 Å². The van der Waals surface area contributed by atoms with Gasteiger partial charge in [0.25, 0.3) is 5.91 Å². The van der Waals surface area contributed by atoms with Crippen molar-refractivity contribution < 1.29 is 4.79 Å². The highest BCUT2D eigenvalue weighted by Crippen LogP contribution is 2.25. The van der Waals surface area contributed by atoms with Crippen molar-refractivity contribution in [1.82, 2.24) is 10.2 Å². The quantitative estimate of drug-likeness (QED) is 0.731. The van der Waals surface area contributed by atoms with E-state index in [1.807, 2.05) is 80.8 Å². The first-order valence-electron chi connectivity index (χ1n) is 8.24. The number of rotatable bonds is 5. The van der Waals surface area contributed by atoms with Gasteiger partial charge < -0.3 is 10.2 Å². The fraction of sp³-hybridized carbons (Fsp3) is 0.190. The van der Waals surface area contributed by atoms with Crippen molar-refractivity contribution in [1.29, 1.82) is 0 Å². The summed E-state index contributed by atoms with van der Waals surface area (Å²) in [6.45, 7) is 0.488. The molecular weight excluding hydrogens is 332 g/mol. The molecule has 0 bridgehead atoms. The number of amides is 1. The minimum atomic E-state index is -0.0790. The van der Waals surface area contributed by atoms with E-state index in [-0.39, 0.29) is 11.9 Å². The summed E-state index contributed by atoms with van der Waals surface area (Å²) < 4.78 is 0. The Kier molecular flexibility index (Phi) is 5.37. The molecular formula is C21H21ClN2O. The molecule has 0 radical (unpaired) electrons. The Morgan fingerprint density at radius 3 is 2.40 bits per heavy atom. The van der Waals surface area contributed by atoms with Crippen LogP contribution in [0.5, 0.6) is 0 Å². The predicted octanol–water partition coefficient (Wildman–Crippen LogP) is 4.53. The van der Waals surface area contributed by atoms with Crippen LogP contribution >= 0.6 is 11.6 Å². The smallest absolute Gasteiger partial charge is 0.251 e. The van der Waals surface area contributed by atoms with E-state index < -0.39 is 0 Å². The van der Waals surface area contributed by atoms with E-state index in [9.17, 15) is 4.79 Å². The first kappa shape index (κ1) is 17.5. The average Bonchev–Trinajstić information content (AvgIpc) is 2.62. The van der Waals surface area contributed by atoms with Gasteiger partial charge in [0.1, 0.15) is 0 Å². The highest BCUT2D eigenvalue weighted by atomic mass is 35.5. The third-order valence-corrected chi connectivity index (χ3v) is 4.70. The Morgan fingerprint density at radius 1 is 1.00 bits per heavy atom. The van der Waals surface area contributed by atoms with Crippen LogP contribution in [0.1, 0.15) is 22.0 Å². The molecule has 0 aliphatic rings. The fourth-order valence-electron chi connectivity index (χ4n) is 2.94. The topological polar surface area (TPSA) is 32.3 Å². The molecule has 0 saturated carbocycles. The molecule has 0 saturated heterocycles. The Labute approximate surface area is 153 Å². The number of nitrogens with one attached hydrogen (secondary N) is 1. The zero-order valence-corrected chi connectivity index (χ0v) is 15.1. The summed E-state index contributed by atoms with van der Waals surface area (Å²) in [5.74, 6) is -0.0790. The van der Waals surface area contributed by atoms with Crippen LogP contribution in [0.15, 0.2) is 66.7 Å². The van der Waals surface area contributed by atoms with Gasteiger partial charge in [0.05, 0.1) is 6.04 Å². The molecule has 3 rings (SSSR count). The summed E-state index contributed by atoms with van der Waals surface area (Å²) in [5, 5.41) is 5.93. The Balaban J connectivity index is 1.76. The van der Waals surface area contributed by atoms with Crippen molar-refractivity contribution in [3.05, 3.63) is 82.9 Å². The van der Waals surface area contributed by atoms with Crippen molar-refractivity contribution in [2.75, 3.05) is 20.6 Å². The third-order valence-electron chi connectivity index (χ3n) is 4.36.